The zero-order chi connectivity index (χ0) is 14.8. The molecule has 0 spiro atoms. The van der Waals surface area contributed by atoms with E-state index in [0.717, 1.165) is 0 Å². The SMILES string of the molecule is Cc1noc(C)c1C(=O)O[C@H](C)C(=O)NC(C)(C)C. The predicted molar refractivity (Wildman–Crippen MR) is 68.8 cm³/mol. The van der Waals surface area contributed by atoms with Crippen LogP contribution in [-0.2, 0) is 9.53 Å². The van der Waals surface area contributed by atoms with E-state index in [1.165, 1.54) is 6.92 Å². The van der Waals surface area contributed by atoms with Gasteiger partial charge in [0, 0.05) is 5.54 Å². The van der Waals surface area contributed by atoms with Gasteiger partial charge in [-0.2, -0.15) is 0 Å². The minimum absolute atomic E-state index is 0.274. The molecule has 0 aromatic carbocycles. The molecule has 1 aromatic rings. The summed E-state index contributed by atoms with van der Waals surface area (Å²) in [4.78, 5) is 23.7. The van der Waals surface area contributed by atoms with Gasteiger partial charge in [0.25, 0.3) is 5.91 Å². The molecule has 0 fully saturated rings. The monoisotopic (exact) mass is 268 g/mol. The van der Waals surface area contributed by atoms with Gasteiger partial charge in [0.05, 0.1) is 5.69 Å². The summed E-state index contributed by atoms with van der Waals surface area (Å²) in [5, 5.41) is 6.42. The van der Waals surface area contributed by atoms with Gasteiger partial charge in [0.2, 0.25) is 0 Å². The first-order valence-electron chi connectivity index (χ1n) is 6.07. The van der Waals surface area contributed by atoms with Crippen molar-refractivity contribution in [1.82, 2.24) is 10.5 Å². The Hall–Kier alpha value is -1.85. The number of hydrogen-bond donors (Lipinski definition) is 1. The number of aromatic nitrogens is 1. The van der Waals surface area contributed by atoms with E-state index in [1.54, 1.807) is 13.8 Å². The summed E-state index contributed by atoms with van der Waals surface area (Å²) in [5.74, 6) is -0.564. The Morgan fingerprint density at radius 3 is 2.32 bits per heavy atom. The van der Waals surface area contributed by atoms with Gasteiger partial charge < -0.3 is 14.6 Å². The molecule has 0 aliphatic carbocycles. The van der Waals surface area contributed by atoms with E-state index in [-0.39, 0.29) is 17.0 Å². The van der Waals surface area contributed by atoms with E-state index >= 15 is 0 Å². The standard InChI is InChI=1S/C13H20N2O4/c1-7-10(8(2)19-15-7)12(17)18-9(3)11(16)14-13(4,5)6/h9H,1-6H3,(H,14,16)/t9-/m1/s1. The average Bonchev–Trinajstić information content (AvgIpc) is 2.55. The Morgan fingerprint density at radius 2 is 1.89 bits per heavy atom. The summed E-state index contributed by atoms with van der Waals surface area (Å²) in [6, 6.07) is 0. The van der Waals surface area contributed by atoms with E-state index in [1.807, 2.05) is 20.8 Å². The van der Waals surface area contributed by atoms with Crippen molar-refractivity contribution in [2.75, 3.05) is 0 Å². The van der Waals surface area contributed by atoms with Crippen molar-refractivity contribution in [3.8, 4) is 0 Å². The quantitative estimate of drug-likeness (QED) is 0.845. The summed E-state index contributed by atoms with van der Waals surface area (Å²) in [6.07, 6.45) is -0.875. The molecule has 1 N–H and O–H groups in total. The summed E-state index contributed by atoms with van der Waals surface area (Å²) < 4.78 is 10.0. The van der Waals surface area contributed by atoms with Crippen LogP contribution in [0.1, 0.15) is 49.5 Å². The zero-order valence-corrected chi connectivity index (χ0v) is 12.2. The van der Waals surface area contributed by atoms with Crippen molar-refractivity contribution in [2.45, 2.75) is 53.2 Å². The van der Waals surface area contributed by atoms with Crippen molar-refractivity contribution in [3.05, 3.63) is 17.0 Å². The first-order valence-corrected chi connectivity index (χ1v) is 6.07. The van der Waals surface area contributed by atoms with Gasteiger partial charge >= 0.3 is 5.97 Å². The van der Waals surface area contributed by atoms with Gasteiger partial charge in [0.15, 0.2) is 6.10 Å². The van der Waals surface area contributed by atoms with Crippen LogP contribution in [0, 0.1) is 13.8 Å². The van der Waals surface area contributed by atoms with Crippen molar-refractivity contribution in [3.63, 3.8) is 0 Å². The number of amides is 1. The van der Waals surface area contributed by atoms with Crippen LogP contribution in [0.5, 0.6) is 0 Å². The maximum Gasteiger partial charge on any atom is 0.344 e. The van der Waals surface area contributed by atoms with Gasteiger partial charge in [-0.15, -0.1) is 0 Å². The highest BCUT2D eigenvalue weighted by Gasteiger charge is 2.26. The lowest BCUT2D eigenvalue weighted by Crippen LogP contribution is -2.46. The van der Waals surface area contributed by atoms with Gasteiger partial charge in [-0.05, 0) is 41.5 Å². The molecular weight excluding hydrogens is 248 g/mol. The molecule has 106 valence electrons. The molecule has 1 amide bonds. The number of carbonyl (C=O) groups is 2. The second kappa shape index (κ2) is 5.42. The fourth-order valence-electron chi connectivity index (χ4n) is 1.52. The lowest BCUT2D eigenvalue weighted by atomic mass is 10.1. The third-order valence-corrected chi connectivity index (χ3v) is 2.39. The minimum atomic E-state index is -0.875. The second-order valence-corrected chi connectivity index (χ2v) is 5.49. The largest absolute Gasteiger partial charge is 0.449 e. The molecule has 0 saturated heterocycles. The molecule has 19 heavy (non-hydrogen) atoms. The molecule has 1 atom stereocenters. The Labute approximate surface area is 112 Å². The lowest BCUT2D eigenvalue weighted by molar-refractivity contribution is -0.130. The highest BCUT2D eigenvalue weighted by molar-refractivity contribution is 5.93. The molecule has 6 nitrogen and oxygen atoms in total. The van der Waals surface area contributed by atoms with Crippen molar-refractivity contribution < 1.29 is 18.8 Å². The fraction of sp³-hybridized carbons (Fsp3) is 0.615. The van der Waals surface area contributed by atoms with Gasteiger partial charge in [-0.25, -0.2) is 4.79 Å². The Morgan fingerprint density at radius 1 is 1.32 bits per heavy atom. The summed E-state index contributed by atoms with van der Waals surface area (Å²) >= 11 is 0. The molecule has 0 radical (unpaired) electrons. The van der Waals surface area contributed by atoms with Crippen LogP contribution >= 0.6 is 0 Å². The number of nitrogens with one attached hydrogen (secondary N) is 1. The van der Waals surface area contributed by atoms with E-state index in [0.29, 0.717) is 11.5 Å². The summed E-state index contributed by atoms with van der Waals surface area (Å²) in [7, 11) is 0. The molecule has 1 heterocycles. The number of rotatable bonds is 3. The van der Waals surface area contributed by atoms with Crippen molar-refractivity contribution in [1.29, 1.82) is 0 Å². The molecule has 0 saturated carbocycles. The van der Waals surface area contributed by atoms with E-state index < -0.39 is 12.1 Å². The van der Waals surface area contributed by atoms with Gasteiger partial charge in [-0.3, -0.25) is 4.79 Å². The van der Waals surface area contributed by atoms with Crippen LogP contribution in [-0.4, -0.2) is 28.7 Å². The van der Waals surface area contributed by atoms with E-state index in [2.05, 4.69) is 10.5 Å². The number of esters is 1. The van der Waals surface area contributed by atoms with E-state index in [4.69, 9.17) is 9.26 Å². The molecule has 0 unspecified atom stereocenters. The number of carbonyl (C=O) groups excluding carboxylic acids is 2. The number of hydrogen-bond acceptors (Lipinski definition) is 5. The average molecular weight is 268 g/mol. The van der Waals surface area contributed by atoms with Crippen molar-refractivity contribution >= 4 is 11.9 Å². The third kappa shape index (κ3) is 4.08. The highest BCUT2D eigenvalue weighted by Crippen LogP contribution is 2.14. The first-order chi connectivity index (χ1) is 8.61. The Balaban J connectivity index is 2.70. The minimum Gasteiger partial charge on any atom is -0.449 e. The molecule has 1 rings (SSSR count). The second-order valence-electron chi connectivity index (χ2n) is 5.49. The third-order valence-electron chi connectivity index (χ3n) is 2.39. The van der Waals surface area contributed by atoms with E-state index in [9.17, 15) is 9.59 Å². The van der Waals surface area contributed by atoms with Crippen LogP contribution in [0.15, 0.2) is 4.52 Å². The first kappa shape index (κ1) is 15.2. The maximum atomic E-state index is 11.9. The molecule has 0 aliphatic rings. The lowest BCUT2D eigenvalue weighted by Gasteiger charge is -2.23. The maximum absolute atomic E-state index is 11.9. The Kier molecular flexibility index (Phi) is 4.34. The molecule has 6 heteroatoms. The van der Waals surface area contributed by atoms with Gasteiger partial charge in [0.1, 0.15) is 11.3 Å². The number of ether oxygens (including phenoxy) is 1. The summed E-state index contributed by atoms with van der Waals surface area (Å²) in [5.41, 5.74) is 0.349. The molecule has 0 aliphatic heterocycles. The van der Waals surface area contributed by atoms with Crippen LogP contribution in [0.25, 0.3) is 0 Å². The van der Waals surface area contributed by atoms with Crippen LogP contribution in [0.4, 0.5) is 0 Å². The zero-order valence-electron chi connectivity index (χ0n) is 12.2. The normalized spacial score (nSPS) is 12.9. The summed E-state index contributed by atoms with van der Waals surface area (Å²) in [6.45, 7) is 10.4. The number of aryl methyl sites for hydroxylation is 2. The molecule has 0 bridgehead atoms. The molecular formula is C13H20N2O4. The highest BCUT2D eigenvalue weighted by atomic mass is 16.5. The smallest absolute Gasteiger partial charge is 0.344 e. The fourth-order valence-corrected chi connectivity index (χ4v) is 1.52. The Bertz CT molecular complexity index is 466. The van der Waals surface area contributed by atoms with Crippen LogP contribution < -0.4 is 5.32 Å². The van der Waals surface area contributed by atoms with Crippen LogP contribution in [0.2, 0.25) is 0 Å². The molecule has 1 aromatic heterocycles. The van der Waals surface area contributed by atoms with Crippen molar-refractivity contribution in [2.24, 2.45) is 0 Å². The predicted octanol–water partition coefficient (Wildman–Crippen LogP) is 1.75. The topological polar surface area (TPSA) is 81.4 Å². The number of nitrogens with zero attached hydrogens (tertiary/aromatic N) is 1. The van der Waals surface area contributed by atoms with Gasteiger partial charge in [-0.1, -0.05) is 5.16 Å². The van der Waals surface area contributed by atoms with Crippen LogP contribution in [0.3, 0.4) is 0 Å².